The number of rotatable bonds is 0. The van der Waals surface area contributed by atoms with Gasteiger partial charge in [-0.15, -0.1) is 0 Å². The van der Waals surface area contributed by atoms with Gasteiger partial charge in [-0.3, -0.25) is 0 Å². The molecule has 0 spiro atoms. The first-order chi connectivity index (χ1) is 5.77. The first kappa shape index (κ1) is 7.75. The van der Waals surface area contributed by atoms with Crippen LogP contribution >= 0.6 is 11.6 Å². The van der Waals surface area contributed by atoms with E-state index in [4.69, 9.17) is 11.6 Å². The van der Waals surface area contributed by atoms with Gasteiger partial charge in [0.1, 0.15) is 0 Å². The highest BCUT2D eigenvalue weighted by molar-refractivity contribution is 6.81. The molecular formula is C9H9BClN. The van der Waals surface area contributed by atoms with Crippen LogP contribution < -0.4 is 5.23 Å². The van der Waals surface area contributed by atoms with E-state index in [2.05, 4.69) is 24.2 Å². The second-order valence-corrected chi connectivity index (χ2v) is 3.42. The Morgan fingerprint density at radius 1 is 1.33 bits per heavy atom. The predicted molar refractivity (Wildman–Crippen MR) is 55.5 cm³/mol. The summed E-state index contributed by atoms with van der Waals surface area (Å²) in [6, 6.07) is 8.14. The lowest BCUT2D eigenvalue weighted by molar-refractivity contribution is 1.58. The van der Waals surface area contributed by atoms with Crippen molar-refractivity contribution in [1.82, 2.24) is 0 Å². The number of hydrogen-bond donors (Lipinski definition) is 1. The molecule has 1 aromatic rings. The van der Waals surface area contributed by atoms with Crippen molar-refractivity contribution in [2.45, 2.75) is 6.82 Å². The summed E-state index contributed by atoms with van der Waals surface area (Å²) >= 11 is 5.99. The lowest BCUT2D eigenvalue weighted by Gasteiger charge is -2.18. The predicted octanol–water partition coefficient (Wildman–Crippen LogP) is 2.85. The van der Waals surface area contributed by atoms with E-state index in [1.807, 2.05) is 18.2 Å². The quantitative estimate of drug-likeness (QED) is 0.601. The molecule has 1 aromatic carbocycles. The number of fused-ring (bicyclic) bond motifs is 1. The molecule has 1 aliphatic rings. The van der Waals surface area contributed by atoms with Crippen molar-refractivity contribution < 1.29 is 0 Å². The van der Waals surface area contributed by atoms with Gasteiger partial charge in [0.25, 0.3) is 6.85 Å². The molecule has 0 saturated carbocycles. The van der Waals surface area contributed by atoms with Gasteiger partial charge in [0.2, 0.25) is 0 Å². The van der Waals surface area contributed by atoms with Crippen LogP contribution in [0.2, 0.25) is 6.82 Å². The smallest absolute Gasteiger partial charge is 0.295 e. The molecule has 0 saturated heterocycles. The molecule has 0 radical (unpaired) electrons. The van der Waals surface area contributed by atoms with Crippen LogP contribution in [-0.2, 0) is 0 Å². The summed E-state index contributed by atoms with van der Waals surface area (Å²) in [6.45, 7) is 2.29. The first-order valence-corrected chi connectivity index (χ1v) is 4.38. The van der Waals surface area contributed by atoms with E-state index in [1.54, 1.807) is 0 Å². The van der Waals surface area contributed by atoms with Gasteiger partial charge in [0, 0.05) is 10.6 Å². The Hall–Kier alpha value is -0.885. The van der Waals surface area contributed by atoms with Gasteiger partial charge < -0.3 is 5.23 Å². The summed E-state index contributed by atoms with van der Waals surface area (Å²) in [5.41, 5.74) is 2.33. The third kappa shape index (κ3) is 1.23. The van der Waals surface area contributed by atoms with Crippen LogP contribution in [0.1, 0.15) is 5.56 Å². The van der Waals surface area contributed by atoms with Crippen molar-refractivity contribution >= 4 is 30.2 Å². The van der Waals surface area contributed by atoms with Gasteiger partial charge in [-0.25, -0.2) is 0 Å². The molecule has 0 amide bonds. The third-order valence-electron chi connectivity index (χ3n) is 2.04. The molecule has 1 N–H and O–H groups in total. The Morgan fingerprint density at radius 2 is 2.08 bits per heavy atom. The van der Waals surface area contributed by atoms with Crippen molar-refractivity contribution in [1.29, 1.82) is 0 Å². The largest absolute Gasteiger partial charge is 0.423 e. The molecule has 1 heterocycles. The summed E-state index contributed by atoms with van der Waals surface area (Å²) in [7, 11) is 0. The van der Waals surface area contributed by atoms with Crippen molar-refractivity contribution in [2.75, 3.05) is 5.23 Å². The Balaban J connectivity index is 2.49. The Morgan fingerprint density at radius 3 is 2.92 bits per heavy atom. The Kier molecular flexibility index (Phi) is 1.85. The van der Waals surface area contributed by atoms with E-state index < -0.39 is 0 Å². The molecule has 0 atom stereocenters. The molecule has 0 bridgehead atoms. The van der Waals surface area contributed by atoms with Crippen LogP contribution in [0.3, 0.4) is 0 Å². The number of hydrogen-bond acceptors (Lipinski definition) is 1. The van der Waals surface area contributed by atoms with Crippen molar-refractivity contribution in [2.24, 2.45) is 0 Å². The standard InChI is InChI=1S/C9H9BClN/c1-10-9(11)6-7-4-2-3-5-8(7)12-10/h2-6,12H,1H3. The fraction of sp³-hybridized carbons (Fsp3) is 0.111. The van der Waals surface area contributed by atoms with Gasteiger partial charge >= 0.3 is 0 Å². The van der Waals surface area contributed by atoms with E-state index in [0.29, 0.717) is 0 Å². The van der Waals surface area contributed by atoms with Gasteiger partial charge in [-0.05, 0) is 17.7 Å². The monoisotopic (exact) mass is 177 g/mol. The zero-order valence-corrected chi connectivity index (χ0v) is 7.60. The maximum atomic E-state index is 5.99. The van der Waals surface area contributed by atoms with E-state index in [0.717, 1.165) is 10.6 Å². The van der Waals surface area contributed by atoms with Crippen LogP contribution in [0.4, 0.5) is 5.69 Å². The number of para-hydroxylation sites is 1. The molecule has 0 fully saturated rings. The van der Waals surface area contributed by atoms with Crippen LogP contribution in [0.15, 0.2) is 29.2 Å². The zero-order chi connectivity index (χ0) is 8.55. The fourth-order valence-corrected chi connectivity index (χ4v) is 1.50. The molecule has 3 heteroatoms. The minimum absolute atomic E-state index is 0.238. The van der Waals surface area contributed by atoms with Gasteiger partial charge in [-0.1, -0.05) is 36.6 Å². The summed E-state index contributed by atoms with van der Waals surface area (Å²) in [5, 5.41) is 3.31. The molecule has 12 heavy (non-hydrogen) atoms. The molecule has 0 aromatic heterocycles. The molecule has 2 rings (SSSR count). The van der Waals surface area contributed by atoms with E-state index in [1.165, 1.54) is 5.56 Å². The zero-order valence-electron chi connectivity index (χ0n) is 6.84. The van der Waals surface area contributed by atoms with Crippen molar-refractivity contribution in [3.63, 3.8) is 0 Å². The van der Waals surface area contributed by atoms with E-state index in [-0.39, 0.29) is 6.85 Å². The average molecular weight is 177 g/mol. The third-order valence-corrected chi connectivity index (χ3v) is 2.48. The highest BCUT2D eigenvalue weighted by Gasteiger charge is 2.17. The minimum Gasteiger partial charge on any atom is -0.423 e. The summed E-state index contributed by atoms with van der Waals surface area (Å²) in [4.78, 5) is 0.869. The van der Waals surface area contributed by atoms with Gasteiger partial charge in [-0.2, -0.15) is 0 Å². The number of anilines is 1. The van der Waals surface area contributed by atoms with Gasteiger partial charge in [0.15, 0.2) is 0 Å². The number of benzene rings is 1. The van der Waals surface area contributed by atoms with E-state index in [9.17, 15) is 0 Å². The van der Waals surface area contributed by atoms with Crippen LogP contribution in [-0.4, -0.2) is 6.85 Å². The molecule has 1 nitrogen and oxygen atoms in total. The number of halogens is 1. The maximum absolute atomic E-state index is 5.99. The van der Waals surface area contributed by atoms with Crippen molar-refractivity contribution in [3.8, 4) is 0 Å². The van der Waals surface area contributed by atoms with Crippen molar-refractivity contribution in [3.05, 3.63) is 34.8 Å². The topological polar surface area (TPSA) is 12.0 Å². The van der Waals surface area contributed by atoms with Gasteiger partial charge in [0.05, 0.1) is 0 Å². The summed E-state index contributed by atoms with van der Waals surface area (Å²) < 4.78 is 0. The number of nitrogens with one attached hydrogen (secondary N) is 1. The molecule has 0 unspecified atom stereocenters. The highest BCUT2D eigenvalue weighted by Crippen LogP contribution is 2.26. The normalized spacial score (nSPS) is 14.8. The van der Waals surface area contributed by atoms with E-state index >= 15 is 0 Å². The molecular weight excluding hydrogens is 168 g/mol. The summed E-state index contributed by atoms with van der Waals surface area (Å²) in [6.07, 6.45) is 2.01. The second kappa shape index (κ2) is 2.87. The first-order valence-electron chi connectivity index (χ1n) is 4.00. The van der Waals surface area contributed by atoms with Crippen LogP contribution in [0.5, 0.6) is 0 Å². The Bertz CT molecular complexity index is 335. The second-order valence-electron chi connectivity index (χ2n) is 2.98. The van der Waals surface area contributed by atoms with Crippen LogP contribution in [0.25, 0.3) is 6.08 Å². The maximum Gasteiger partial charge on any atom is 0.295 e. The fourth-order valence-electron chi connectivity index (χ4n) is 1.33. The molecule has 1 aliphatic heterocycles. The Labute approximate surface area is 77.5 Å². The minimum atomic E-state index is 0.238. The lowest BCUT2D eigenvalue weighted by atomic mass is 9.62. The lowest BCUT2D eigenvalue weighted by Crippen LogP contribution is -2.24. The van der Waals surface area contributed by atoms with Crippen LogP contribution in [0, 0.1) is 0 Å². The summed E-state index contributed by atoms with van der Waals surface area (Å²) in [5.74, 6) is 0. The molecule has 0 aliphatic carbocycles. The SMILES string of the molecule is CB1Nc2ccccc2C=C1Cl. The average Bonchev–Trinajstić information content (AvgIpc) is 2.07. The highest BCUT2D eigenvalue weighted by atomic mass is 35.5. The molecule has 60 valence electrons.